The minimum absolute atomic E-state index is 0. The van der Waals surface area contributed by atoms with Gasteiger partial charge in [0.15, 0.2) is 5.75 Å². The van der Waals surface area contributed by atoms with Crippen LogP contribution in [0.3, 0.4) is 0 Å². The van der Waals surface area contributed by atoms with Crippen LogP contribution in [0.1, 0.15) is 5.56 Å². The molecule has 17 heteroatoms. The van der Waals surface area contributed by atoms with Gasteiger partial charge in [-0.2, -0.15) is 18.6 Å². The summed E-state index contributed by atoms with van der Waals surface area (Å²) in [4.78, 5) is -1.11. The maximum atomic E-state index is 12.4. The molecule has 0 aromatic heterocycles. The first-order chi connectivity index (χ1) is 21.3. The molecule has 0 spiro atoms. The van der Waals surface area contributed by atoms with E-state index < -0.39 is 41.5 Å². The fourth-order valence-corrected chi connectivity index (χ4v) is 5.51. The number of anilines is 2. The number of methoxy groups -OCH3 is 1. The van der Waals surface area contributed by atoms with Crippen molar-refractivity contribution in [2.45, 2.75) is 16.7 Å². The number of fused-ring (bicyclic) bond motifs is 1. The molecule has 0 atom stereocenters. The van der Waals surface area contributed by atoms with E-state index in [1.807, 2.05) is 30.3 Å². The van der Waals surface area contributed by atoms with Gasteiger partial charge in [0.25, 0.3) is 10.1 Å². The predicted octanol–water partition coefficient (Wildman–Crippen LogP) is 1.60. The summed E-state index contributed by atoms with van der Waals surface area (Å²) in [6, 6.07) is 23.4. The Balaban J connectivity index is 0.00000300. The monoisotopic (exact) mass is 692 g/mol. The number of aromatic hydroxyl groups is 1. The van der Waals surface area contributed by atoms with E-state index in [1.54, 1.807) is 25.1 Å². The Hall–Kier alpha value is -3.22. The number of ether oxygens (including phenoxy) is 1. The van der Waals surface area contributed by atoms with Crippen LogP contribution >= 0.6 is 0 Å². The molecule has 13 nitrogen and oxygen atoms in total. The van der Waals surface area contributed by atoms with E-state index in [9.17, 15) is 31.0 Å². The number of hydrogen-bond acceptors (Lipinski definition) is 12. The minimum atomic E-state index is -4.85. The first-order valence-electron chi connectivity index (χ1n) is 13.0. The standard InChI is InChI=1S/C30H25N5O8S2.2Na/c1-18-13-26(27(43-2)17-25(18)33-32-22-9-6-10-23(16-22)44(37,38)39)34-35-29-28(45(40,41)42)15-19-14-21(11-12-24(19)30(29)36)31-20-7-4-3-5-8-20;;/h3-17,31,36H,1-2H3,(H,37,38,39)(H,40,41,42);;/q;2*+1/p-1. The predicted molar refractivity (Wildman–Crippen MR) is 166 cm³/mol. The summed E-state index contributed by atoms with van der Waals surface area (Å²) >= 11 is 0. The van der Waals surface area contributed by atoms with Gasteiger partial charge in [-0.05, 0) is 78.5 Å². The Bertz CT molecular complexity index is 2220. The zero-order valence-corrected chi connectivity index (χ0v) is 31.2. The summed E-state index contributed by atoms with van der Waals surface area (Å²) in [7, 11) is -8.17. The molecule has 0 radical (unpaired) electrons. The average Bonchev–Trinajstić information content (AvgIpc) is 2.99. The van der Waals surface area contributed by atoms with Crippen molar-refractivity contribution in [1.29, 1.82) is 0 Å². The number of azo groups is 2. The number of nitrogens with zero attached hydrogens (tertiary/aromatic N) is 4. The molecule has 0 fully saturated rings. The van der Waals surface area contributed by atoms with Gasteiger partial charge in [-0.15, -0.1) is 10.2 Å². The molecule has 0 saturated carbocycles. The Kier molecular flexibility index (Phi) is 12.8. The molecular formula is C30H24N5Na2O8S2+. The number of nitrogens with one attached hydrogen (secondary N) is 1. The van der Waals surface area contributed by atoms with Gasteiger partial charge in [-0.3, -0.25) is 4.55 Å². The third-order valence-electron chi connectivity index (χ3n) is 6.53. The fourth-order valence-electron chi connectivity index (χ4n) is 4.34. The summed E-state index contributed by atoms with van der Waals surface area (Å²) in [6.07, 6.45) is 0. The van der Waals surface area contributed by atoms with E-state index in [2.05, 4.69) is 25.8 Å². The Morgan fingerprint density at radius 3 is 2.13 bits per heavy atom. The second kappa shape index (κ2) is 15.8. The second-order valence-corrected chi connectivity index (χ2v) is 12.4. The molecule has 0 saturated heterocycles. The first-order valence-corrected chi connectivity index (χ1v) is 15.9. The summed E-state index contributed by atoms with van der Waals surface area (Å²) in [6.45, 7) is 1.67. The molecule has 5 rings (SSSR count). The molecule has 230 valence electrons. The van der Waals surface area contributed by atoms with E-state index in [4.69, 9.17) is 4.74 Å². The van der Waals surface area contributed by atoms with Crippen molar-refractivity contribution in [1.82, 2.24) is 0 Å². The number of phenols is 1. The van der Waals surface area contributed by atoms with Crippen LogP contribution in [0, 0.1) is 6.92 Å². The normalized spacial score (nSPS) is 11.7. The topological polar surface area (TPSA) is 202 Å². The summed E-state index contributed by atoms with van der Waals surface area (Å²) in [5.74, 6) is -0.363. The summed E-state index contributed by atoms with van der Waals surface area (Å²) in [5.41, 5.74) is 2.03. The van der Waals surface area contributed by atoms with E-state index >= 15 is 0 Å². The number of rotatable bonds is 9. The maximum Gasteiger partial charge on any atom is 1.00 e. The zero-order chi connectivity index (χ0) is 32.4. The van der Waals surface area contributed by atoms with Crippen LogP contribution < -0.4 is 69.2 Å². The molecule has 3 N–H and O–H groups in total. The fraction of sp³-hybridized carbons (Fsp3) is 0.0667. The maximum absolute atomic E-state index is 12.4. The van der Waals surface area contributed by atoms with Gasteiger partial charge >= 0.3 is 59.1 Å². The van der Waals surface area contributed by atoms with Crippen LogP contribution in [0.25, 0.3) is 10.8 Å². The molecule has 5 aromatic carbocycles. The van der Waals surface area contributed by atoms with Crippen LogP contribution in [-0.2, 0) is 20.2 Å². The van der Waals surface area contributed by atoms with Gasteiger partial charge in [0, 0.05) is 22.8 Å². The van der Waals surface area contributed by atoms with Crippen molar-refractivity contribution in [2.24, 2.45) is 20.5 Å². The van der Waals surface area contributed by atoms with Crippen LogP contribution in [0.15, 0.2) is 121 Å². The van der Waals surface area contributed by atoms with E-state index in [-0.39, 0.29) is 81.6 Å². The van der Waals surface area contributed by atoms with Crippen molar-refractivity contribution in [3.05, 3.63) is 96.6 Å². The van der Waals surface area contributed by atoms with Crippen molar-refractivity contribution in [2.75, 3.05) is 12.4 Å². The number of aryl methyl sites for hydroxylation is 1. The van der Waals surface area contributed by atoms with Gasteiger partial charge in [-0.1, -0.05) is 24.3 Å². The number of hydrogen-bond donors (Lipinski definition) is 3. The number of phenolic OH excluding ortho intramolecular Hbond substituents is 1. The molecule has 0 heterocycles. The Labute approximate surface area is 314 Å². The van der Waals surface area contributed by atoms with Gasteiger partial charge in [-0.25, -0.2) is 8.42 Å². The van der Waals surface area contributed by atoms with Crippen LogP contribution in [-0.4, -0.2) is 38.2 Å². The molecule has 0 amide bonds. The largest absolute Gasteiger partial charge is 1.00 e. The second-order valence-electron chi connectivity index (χ2n) is 9.64. The number of para-hydroxylation sites is 1. The quantitative estimate of drug-likeness (QED) is 0.117. The van der Waals surface area contributed by atoms with Gasteiger partial charge < -0.3 is 19.7 Å². The third kappa shape index (κ3) is 9.23. The Morgan fingerprint density at radius 2 is 1.47 bits per heavy atom. The minimum Gasteiger partial charge on any atom is -0.744 e. The zero-order valence-electron chi connectivity index (χ0n) is 25.6. The molecule has 0 aliphatic rings. The van der Waals surface area contributed by atoms with Gasteiger partial charge in [0.05, 0.1) is 23.4 Å². The summed E-state index contributed by atoms with van der Waals surface area (Å²) < 4.78 is 74.0. The molecule has 0 aliphatic heterocycles. The van der Waals surface area contributed by atoms with Crippen LogP contribution in [0.5, 0.6) is 11.5 Å². The SMILES string of the molecule is COc1cc(N=Nc2cccc(S(=O)(=O)[O-])c2)c(C)cc1N=Nc1c(S(=O)(=O)O)cc2cc(Nc3ccccc3)ccc2c1O.[Na+].[Na+]. The van der Waals surface area contributed by atoms with Crippen molar-refractivity contribution < 1.29 is 94.9 Å². The van der Waals surface area contributed by atoms with Crippen molar-refractivity contribution >= 4 is 65.1 Å². The van der Waals surface area contributed by atoms with E-state index in [0.717, 1.165) is 17.8 Å². The van der Waals surface area contributed by atoms with Gasteiger partial charge in [0.2, 0.25) is 0 Å². The molecule has 5 aromatic rings. The van der Waals surface area contributed by atoms with Gasteiger partial charge in [0.1, 0.15) is 32.1 Å². The van der Waals surface area contributed by atoms with Crippen LogP contribution in [0.4, 0.5) is 34.1 Å². The van der Waals surface area contributed by atoms with Crippen molar-refractivity contribution in [3.8, 4) is 11.5 Å². The Morgan fingerprint density at radius 1 is 0.766 bits per heavy atom. The number of benzene rings is 5. The van der Waals surface area contributed by atoms with E-state index in [1.165, 1.54) is 37.4 Å². The molecular weight excluding hydrogens is 668 g/mol. The molecule has 0 unspecified atom stereocenters. The molecule has 0 aliphatic carbocycles. The molecule has 47 heavy (non-hydrogen) atoms. The molecule has 0 bridgehead atoms. The van der Waals surface area contributed by atoms with Crippen molar-refractivity contribution in [3.63, 3.8) is 0 Å². The third-order valence-corrected chi connectivity index (χ3v) is 8.22. The summed E-state index contributed by atoms with van der Waals surface area (Å²) in [5, 5.41) is 31.0. The average molecular weight is 693 g/mol. The van der Waals surface area contributed by atoms with E-state index in [0.29, 0.717) is 22.3 Å². The van der Waals surface area contributed by atoms with Crippen LogP contribution in [0.2, 0.25) is 0 Å². The first kappa shape index (κ1) is 38.2. The smallest absolute Gasteiger partial charge is 0.744 e.